The molecule has 22 nitrogen and oxygen atoms in total. The summed E-state index contributed by atoms with van der Waals surface area (Å²) in [6, 6.07) is 16.7. The van der Waals surface area contributed by atoms with Crippen LogP contribution in [0.25, 0.3) is 24.3 Å². The third-order valence-electron chi connectivity index (χ3n) is 7.54. The fourth-order valence-electron chi connectivity index (χ4n) is 4.71. The third kappa shape index (κ3) is 15.0. The van der Waals surface area contributed by atoms with Crippen molar-refractivity contribution >= 4 is 85.9 Å². The maximum atomic E-state index is 12.0. The number of carbonyl (C=O) groups excluding carboxylic acids is 1. The van der Waals surface area contributed by atoms with E-state index in [0.717, 1.165) is 11.5 Å². The first-order chi connectivity index (χ1) is 29.5. The number of benzene rings is 4. The van der Waals surface area contributed by atoms with E-state index in [4.69, 9.17) is 18.9 Å². The van der Waals surface area contributed by atoms with Gasteiger partial charge in [0, 0.05) is 46.6 Å². The van der Waals surface area contributed by atoms with E-state index in [1.54, 1.807) is 0 Å². The molecule has 0 aliphatic rings. The van der Waals surface area contributed by atoms with E-state index in [1.807, 2.05) is 0 Å². The molecule has 3 atom stereocenters. The van der Waals surface area contributed by atoms with Crippen molar-refractivity contribution in [2.45, 2.75) is 0 Å². The highest BCUT2D eigenvalue weighted by Crippen LogP contribution is 2.31. The zero-order valence-electron chi connectivity index (χ0n) is 32.6. The Bertz CT molecular complexity index is 2200. The number of amides is 1. The van der Waals surface area contributed by atoms with Crippen molar-refractivity contribution in [2.75, 3.05) is 28.4 Å². The van der Waals surface area contributed by atoms with Crippen molar-refractivity contribution in [3.8, 4) is 23.0 Å². The van der Waals surface area contributed by atoms with Gasteiger partial charge in [0.15, 0.2) is 23.0 Å². The first-order valence-corrected chi connectivity index (χ1v) is 20.4. The summed E-state index contributed by atoms with van der Waals surface area (Å²) in [6.45, 7) is 0. The number of methoxy groups -OCH3 is 4. The molecule has 4 aromatic carbocycles. The lowest BCUT2D eigenvalue weighted by atomic mass is 10.1. The van der Waals surface area contributed by atoms with Crippen molar-refractivity contribution in [3.63, 3.8) is 0 Å². The summed E-state index contributed by atoms with van der Waals surface area (Å²) >= 11 is 0. The van der Waals surface area contributed by atoms with Gasteiger partial charge in [0.25, 0.3) is 5.91 Å². The van der Waals surface area contributed by atoms with Crippen LogP contribution in [0.15, 0.2) is 95.1 Å². The molecule has 1 amide bonds. The van der Waals surface area contributed by atoms with Gasteiger partial charge in [-0.1, -0.05) is 24.3 Å². The average molecular weight is 915 g/mol. The van der Waals surface area contributed by atoms with Gasteiger partial charge in [-0.05, 0) is 70.8 Å². The topological polar surface area (TPSA) is 302 Å². The molecule has 0 aromatic heterocycles. The van der Waals surface area contributed by atoms with Gasteiger partial charge in [-0.2, -0.15) is 0 Å². The summed E-state index contributed by atoms with van der Waals surface area (Å²) in [5.41, 5.74) is 0.544. The average Bonchev–Trinajstić information content (AvgIpc) is 3.25. The van der Waals surface area contributed by atoms with Crippen molar-refractivity contribution < 1.29 is 56.1 Å². The van der Waals surface area contributed by atoms with Gasteiger partial charge in [-0.3, -0.25) is 50.0 Å². The smallest absolute Gasteiger partial charge is 0.311 e. The molecule has 0 saturated heterocycles. The Morgan fingerprint density at radius 3 is 1.03 bits per heavy atom. The van der Waals surface area contributed by atoms with Crippen molar-refractivity contribution in [3.05, 3.63) is 158 Å². The number of hydrogen-bond donors (Lipinski definition) is 2. The standard InChI is InChI=1S/C19H17N3O8S.C18H17N3O8S2/c1-29-17-6-3-13(11-15(17)21(24)25)5-8-19(23)20-31(28)10-9-14-4-7-18(30-2)16(12-14)22(26)27;1-28-17-5-3-13(11-15(17)20(22)23)7-9-30(26)19-31(27)10-8-14-4-6-18(29-2)16(12-14)21(24)25/h3-12H,1-2H3,(H,20,23);3-12,19H,1-2H3/b8-5+,10-9+;9-7-,10-8+. The first kappa shape index (κ1) is 48.9. The minimum absolute atomic E-state index is 0.0802. The van der Waals surface area contributed by atoms with Gasteiger partial charge in [-0.25, -0.2) is 12.6 Å². The molecule has 0 fully saturated rings. The Morgan fingerprint density at radius 1 is 0.484 bits per heavy atom. The molecule has 0 aliphatic carbocycles. The highest BCUT2D eigenvalue weighted by Gasteiger charge is 2.17. The zero-order chi connectivity index (χ0) is 45.9. The second-order valence-corrected chi connectivity index (χ2v) is 14.9. The highest BCUT2D eigenvalue weighted by molar-refractivity contribution is 8.01. The molecule has 0 saturated carbocycles. The molecule has 62 heavy (non-hydrogen) atoms. The van der Waals surface area contributed by atoms with E-state index in [2.05, 4.69) is 8.85 Å². The number of ether oxygens (including phenoxy) is 4. The molecule has 0 spiro atoms. The van der Waals surface area contributed by atoms with E-state index < -0.39 is 58.6 Å². The molecule has 0 heterocycles. The van der Waals surface area contributed by atoms with Gasteiger partial charge in [0.05, 0.1) is 48.1 Å². The molecule has 4 aromatic rings. The van der Waals surface area contributed by atoms with Gasteiger partial charge in [0.1, 0.15) is 33.0 Å². The summed E-state index contributed by atoms with van der Waals surface area (Å²) in [4.78, 5) is 53.6. The van der Waals surface area contributed by atoms with E-state index in [9.17, 15) is 57.9 Å². The molecule has 3 unspecified atom stereocenters. The molecule has 0 radical (unpaired) electrons. The quantitative estimate of drug-likeness (QED) is 0.0613. The van der Waals surface area contributed by atoms with Gasteiger partial charge >= 0.3 is 22.7 Å². The maximum Gasteiger partial charge on any atom is 0.311 e. The van der Waals surface area contributed by atoms with E-state index in [1.165, 1.54) is 136 Å². The lowest BCUT2D eigenvalue weighted by Crippen LogP contribution is -2.21. The van der Waals surface area contributed by atoms with Crippen LogP contribution in [0.5, 0.6) is 23.0 Å². The molecule has 0 aliphatic heterocycles. The second kappa shape index (κ2) is 23.9. The Balaban J connectivity index is 0.000000330. The Labute approximate surface area is 358 Å². The van der Waals surface area contributed by atoms with Crippen molar-refractivity contribution in [2.24, 2.45) is 0 Å². The zero-order valence-corrected chi connectivity index (χ0v) is 35.0. The van der Waals surface area contributed by atoms with Gasteiger partial charge in [0.2, 0.25) is 0 Å². The van der Waals surface area contributed by atoms with Gasteiger partial charge < -0.3 is 18.9 Å². The number of rotatable bonds is 19. The maximum absolute atomic E-state index is 12.0. The van der Waals surface area contributed by atoms with Crippen LogP contribution >= 0.6 is 0 Å². The summed E-state index contributed by atoms with van der Waals surface area (Å²) in [5, 5.41) is 47.6. The van der Waals surface area contributed by atoms with Crippen LogP contribution in [0.4, 0.5) is 22.7 Å². The Kier molecular flexibility index (Phi) is 18.9. The molecule has 4 rings (SSSR count). The molecule has 2 N–H and O–H groups in total. The van der Waals surface area contributed by atoms with Crippen LogP contribution in [0.1, 0.15) is 22.3 Å². The van der Waals surface area contributed by atoms with Crippen LogP contribution in [0.3, 0.4) is 0 Å². The fourth-order valence-corrected chi connectivity index (χ4v) is 6.98. The number of nitrogens with one attached hydrogen (secondary N) is 2. The SMILES string of the molecule is COc1ccc(/C=C/C(=O)NS(=O)/C=C/c2ccc(OC)c([N+](=O)[O-])c2)cc1[N+](=O)[O-].COc1ccc(/C=C\S(=O)NS(=O)/C=C/c2ccc(OC)c([N+](=O)[O-])c2)cc1[N+](=O)[O-]. The highest BCUT2D eigenvalue weighted by atomic mass is 32.3. The van der Waals surface area contributed by atoms with Crippen LogP contribution in [-0.2, 0) is 37.8 Å². The summed E-state index contributed by atoms with van der Waals surface area (Å²) in [5.74, 6) is -0.364. The van der Waals surface area contributed by atoms with Crippen LogP contribution in [0.2, 0.25) is 0 Å². The normalized spacial score (nSPS) is 12.6. The Morgan fingerprint density at radius 2 is 0.758 bits per heavy atom. The van der Waals surface area contributed by atoms with Crippen LogP contribution in [0, 0.1) is 40.5 Å². The molecular weight excluding hydrogens is 881 g/mol. The summed E-state index contributed by atoms with van der Waals surface area (Å²) in [6.07, 6.45) is 6.46. The molecule has 25 heteroatoms. The second-order valence-electron chi connectivity index (χ2n) is 11.4. The first-order valence-electron chi connectivity index (χ1n) is 16.8. The lowest BCUT2D eigenvalue weighted by molar-refractivity contribution is -0.385. The van der Waals surface area contributed by atoms with Crippen LogP contribution in [-0.4, -0.2) is 66.7 Å². The van der Waals surface area contributed by atoms with Crippen LogP contribution < -0.4 is 27.8 Å². The molecule has 0 bridgehead atoms. The minimum Gasteiger partial charge on any atom is -0.490 e. The van der Waals surface area contributed by atoms with Gasteiger partial charge in [-0.15, -0.1) is 4.13 Å². The van der Waals surface area contributed by atoms with Crippen molar-refractivity contribution in [1.29, 1.82) is 0 Å². The number of nitro benzene ring substituents is 4. The largest absolute Gasteiger partial charge is 0.490 e. The van der Waals surface area contributed by atoms with Crippen molar-refractivity contribution in [1.82, 2.24) is 8.85 Å². The summed E-state index contributed by atoms with van der Waals surface area (Å²) in [7, 11) is -0.404. The number of nitrogens with zero attached hydrogens (tertiary/aromatic N) is 4. The summed E-state index contributed by atoms with van der Waals surface area (Å²) < 4.78 is 60.1. The van der Waals surface area contributed by atoms with E-state index in [-0.39, 0.29) is 45.7 Å². The minimum atomic E-state index is -1.91. The molecular formula is C37H34N6O16S3. The van der Waals surface area contributed by atoms with E-state index >= 15 is 0 Å². The lowest BCUT2D eigenvalue weighted by Gasteiger charge is -2.02. The number of hydrogen-bond acceptors (Lipinski definition) is 16. The number of nitro groups is 4. The van der Waals surface area contributed by atoms with E-state index in [0.29, 0.717) is 22.3 Å². The predicted molar refractivity (Wildman–Crippen MR) is 230 cm³/mol. The third-order valence-corrected chi connectivity index (χ3v) is 10.4. The fraction of sp³-hybridized carbons (Fsp3) is 0.108. The Hall–Kier alpha value is -7.48. The number of carbonyl (C=O) groups is 1. The predicted octanol–water partition coefficient (Wildman–Crippen LogP) is 6.06. The monoisotopic (exact) mass is 914 g/mol. The molecule has 326 valence electrons.